The topological polar surface area (TPSA) is 110 Å². The fourth-order valence-corrected chi connectivity index (χ4v) is 5.30. The maximum atomic E-state index is 14.7. The van der Waals surface area contributed by atoms with Gasteiger partial charge in [-0.1, -0.05) is 12.1 Å². The van der Waals surface area contributed by atoms with Crippen molar-refractivity contribution in [2.24, 2.45) is 4.99 Å². The predicted octanol–water partition coefficient (Wildman–Crippen LogP) is 4.33. The molecule has 2 amide bonds. The number of amides is 2. The zero-order valence-corrected chi connectivity index (χ0v) is 25.2. The Bertz CT molecular complexity index is 1510. The molecular weight excluding hydrogens is 551 g/mol. The number of aliphatic imine (C=N–C) groups is 1. The van der Waals surface area contributed by atoms with Crippen LogP contribution in [-0.4, -0.2) is 77.6 Å². The van der Waals surface area contributed by atoms with Crippen LogP contribution in [0.2, 0.25) is 0 Å². The molecular formula is C32H39FN6O4. The molecule has 3 heterocycles. The van der Waals surface area contributed by atoms with Crippen molar-refractivity contribution >= 4 is 23.3 Å². The van der Waals surface area contributed by atoms with E-state index in [1.807, 2.05) is 19.9 Å². The number of hydrogen-bond donors (Lipinski definition) is 2. The fraction of sp³-hybridized carbons (Fsp3) is 0.438. The van der Waals surface area contributed by atoms with E-state index in [1.165, 1.54) is 6.07 Å². The molecule has 1 fully saturated rings. The Morgan fingerprint density at radius 3 is 2.65 bits per heavy atom. The summed E-state index contributed by atoms with van der Waals surface area (Å²) in [6.45, 7) is 11.7. The first-order valence-corrected chi connectivity index (χ1v) is 14.7. The highest BCUT2D eigenvalue weighted by Crippen LogP contribution is 2.31. The van der Waals surface area contributed by atoms with Crippen LogP contribution in [0.3, 0.4) is 0 Å². The van der Waals surface area contributed by atoms with Crippen molar-refractivity contribution < 1.29 is 23.5 Å². The van der Waals surface area contributed by atoms with Gasteiger partial charge in [0.2, 0.25) is 0 Å². The molecule has 0 saturated carbocycles. The summed E-state index contributed by atoms with van der Waals surface area (Å²) in [5.41, 5.74) is 3.39. The Morgan fingerprint density at radius 2 is 1.95 bits per heavy atom. The molecule has 2 atom stereocenters. The lowest BCUT2D eigenvalue weighted by molar-refractivity contribution is 0.0917. The SMILES string of the molecule is CCn1ccc(NC(=O)c2cc(C(=O)N[C@H]3CCOC3)c(O[C@H](CN3CCN=C(C)C3)c3ccc(C)c(F)c3)cc2C)n1. The van der Waals surface area contributed by atoms with E-state index in [1.54, 1.807) is 49.0 Å². The van der Waals surface area contributed by atoms with Gasteiger partial charge in [0.15, 0.2) is 5.82 Å². The Labute approximate surface area is 251 Å². The summed E-state index contributed by atoms with van der Waals surface area (Å²) in [4.78, 5) is 33.7. The number of anilines is 1. The van der Waals surface area contributed by atoms with Crippen LogP contribution in [0.1, 0.15) is 63.8 Å². The van der Waals surface area contributed by atoms with Crippen LogP contribution in [0.4, 0.5) is 10.2 Å². The van der Waals surface area contributed by atoms with Crippen molar-refractivity contribution in [1.29, 1.82) is 0 Å². The molecule has 0 bridgehead atoms. The molecule has 2 aliphatic rings. The van der Waals surface area contributed by atoms with Crippen molar-refractivity contribution in [3.63, 3.8) is 0 Å². The normalized spacial score (nSPS) is 17.8. The number of carbonyl (C=O) groups excluding carboxylic acids is 2. The largest absolute Gasteiger partial charge is 0.484 e. The molecule has 2 N–H and O–H groups in total. The van der Waals surface area contributed by atoms with Crippen LogP contribution in [0, 0.1) is 19.7 Å². The molecule has 0 spiro atoms. The molecule has 43 heavy (non-hydrogen) atoms. The number of rotatable bonds is 10. The highest BCUT2D eigenvalue weighted by atomic mass is 19.1. The quantitative estimate of drug-likeness (QED) is 0.364. The first-order valence-electron chi connectivity index (χ1n) is 14.7. The third kappa shape index (κ3) is 7.47. The monoisotopic (exact) mass is 590 g/mol. The van der Waals surface area contributed by atoms with Crippen molar-refractivity contribution in [3.8, 4) is 5.75 Å². The highest BCUT2D eigenvalue weighted by Gasteiger charge is 2.27. The molecule has 5 rings (SSSR count). The molecule has 0 unspecified atom stereocenters. The predicted molar refractivity (Wildman–Crippen MR) is 163 cm³/mol. The van der Waals surface area contributed by atoms with E-state index in [0.717, 1.165) is 12.3 Å². The molecule has 2 aromatic carbocycles. The number of nitrogens with one attached hydrogen (secondary N) is 2. The lowest BCUT2D eigenvalue weighted by atomic mass is 10.0. The second-order valence-corrected chi connectivity index (χ2v) is 11.2. The number of carbonyl (C=O) groups is 2. The number of halogens is 1. The molecule has 228 valence electrons. The van der Waals surface area contributed by atoms with E-state index < -0.39 is 6.10 Å². The minimum Gasteiger partial charge on any atom is -0.484 e. The third-order valence-corrected chi connectivity index (χ3v) is 7.80. The van der Waals surface area contributed by atoms with E-state index in [9.17, 15) is 14.0 Å². The van der Waals surface area contributed by atoms with Gasteiger partial charge >= 0.3 is 0 Å². The Morgan fingerprint density at radius 1 is 1.12 bits per heavy atom. The average Bonchev–Trinajstić information content (AvgIpc) is 3.66. The Hall–Kier alpha value is -4.09. The number of ether oxygens (including phenoxy) is 2. The summed E-state index contributed by atoms with van der Waals surface area (Å²) < 4.78 is 28.5. The van der Waals surface area contributed by atoms with Crippen LogP contribution in [0.15, 0.2) is 47.6 Å². The van der Waals surface area contributed by atoms with Crippen LogP contribution in [0.5, 0.6) is 5.75 Å². The maximum absolute atomic E-state index is 14.7. The number of benzene rings is 2. The van der Waals surface area contributed by atoms with Gasteiger partial charge in [0.05, 0.1) is 24.8 Å². The molecule has 2 aliphatic heterocycles. The zero-order valence-electron chi connectivity index (χ0n) is 25.2. The molecule has 1 aromatic heterocycles. The van der Waals surface area contributed by atoms with Crippen molar-refractivity contribution in [1.82, 2.24) is 20.0 Å². The molecule has 0 radical (unpaired) electrons. The van der Waals surface area contributed by atoms with Gasteiger partial charge in [0.1, 0.15) is 17.7 Å². The van der Waals surface area contributed by atoms with Gasteiger partial charge in [-0.05, 0) is 69.0 Å². The van der Waals surface area contributed by atoms with Crippen molar-refractivity contribution in [3.05, 3.63) is 76.2 Å². The minimum atomic E-state index is -0.584. The molecule has 10 nitrogen and oxygen atoms in total. The molecule has 0 aliphatic carbocycles. The van der Waals surface area contributed by atoms with Crippen molar-refractivity contribution in [2.45, 2.75) is 52.8 Å². The van der Waals surface area contributed by atoms with E-state index in [0.29, 0.717) is 79.6 Å². The number of aromatic nitrogens is 2. The molecule has 3 aromatic rings. The highest BCUT2D eigenvalue weighted by molar-refractivity contribution is 6.07. The van der Waals surface area contributed by atoms with Gasteiger partial charge in [-0.25, -0.2) is 4.39 Å². The molecule has 11 heteroatoms. The lowest BCUT2D eigenvalue weighted by Crippen LogP contribution is -2.39. The van der Waals surface area contributed by atoms with Gasteiger partial charge in [0, 0.05) is 56.3 Å². The van der Waals surface area contributed by atoms with Crippen LogP contribution < -0.4 is 15.4 Å². The first kappa shape index (κ1) is 30.4. The number of aryl methyl sites for hydroxylation is 3. The second kappa shape index (κ2) is 13.5. The maximum Gasteiger partial charge on any atom is 0.257 e. The van der Waals surface area contributed by atoms with Crippen LogP contribution in [-0.2, 0) is 11.3 Å². The third-order valence-electron chi connectivity index (χ3n) is 7.80. The standard InChI is InChI=1S/C32H39FN6O4/c1-5-39-11-8-30(37-39)36-31(40)25-16-26(32(41)35-24-9-13-42-19-24)28(14-21(25)3)43-29(18-38-12-10-34-22(4)17-38)23-7-6-20(2)27(33)15-23/h6-8,11,14-16,24,29H,5,9-10,12-13,17-19H2,1-4H3,(H,35,41)(H,36,37,40)/t24-,29+/m0/s1. The lowest BCUT2D eigenvalue weighted by Gasteiger charge is -2.31. The summed E-state index contributed by atoms with van der Waals surface area (Å²) >= 11 is 0. The number of hydrogen-bond acceptors (Lipinski definition) is 7. The Kier molecular flexibility index (Phi) is 9.52. The number of nitrogens with zero attached hydrogens (tertiary/aromatic N) is 4. The zero-order chi connectivity index (χ0) is 30.5. The molecule has 1 saturated heterocycles. The summed E-state index contributed by atoms with van der Waals surface area (Å²) in [5.74, 6) is -0.347. The smallest absolute Gasteiger partial charge is 0.257 e. The summed E-state index contributed by atoms with van der Waals surface area (Å²) in [7, 11) is 0. The minimum absolute atomic E-state index is 0.144. The van der Waals surface area contributed by atoms with E-state index in [2.05, 4.69) is 25.6 Å². The van der Waals surface area contributed by atoms with Gasteiger partial charge in [0.25, 0.3) is 11.8 Å². The van der Waals surface area contributed by atoms with Crippen LogP contribution in [0.25, 0.3) is 0 Å². The van der Waals surface area contributed by atoms with Gasteiger partial charge in [-0.15, -0.1) is 0 Å². The first-order chi connectivity index (χ1) is 20.7. The summed E-state index contributed by atoms with van der Waals surface area (Å²) in [6, 6.07) is 9.93. The van der Waals surface area contributed by atoms with Gasteiger partial charge < -0.3 is 20.1 Å². The summed E-state index contributed by atoms with van der Waals surface area (Å²) in [6.07, 6.45) is 1.90. The Balaban J connectivity index is 1.49. The summed E-state index contributed by atoms with van der Waals surface area (Å²) in [5, 5.41) is 10.2. The fourth-order valence-electron chi connectivity index (χ4n) is 5.30. The van der Waals surface area contributed by atoms with E-state index in [-0.39, 0.29) is 29.2 Å². The van der Waals surface area contributed by atoms with Gasteiger partial charge in [-0.2, -0.15) is 5.10 Å². The average molecular weight is 591 g/mol. The van der Waals surface area contributed by atoms with E-state index >= 15 is 0 Å². The van der Waals surface area contributed by atoms with Gasteiger partial charge in [-0.3, -0.25) is 24.2 Å². The van der Waals surface area contributed by atoms with Crippen molar-refractivity contribution in [2.75, 3.05) is 44.7 Å². The van der Waals surface area contributed by atoms with Crippen LogP contribution >= 0.6 is 0 Å². The second-order valence-electron chi connectivity index (χ2n) is 11.2. The van der Waals surface area contributed by atoms with E-state index in [4.69, 9.17) is 9.47 Å².